The molecule has 5 nitrogen and oxygen atoms in total. The molecule has 0 aromatic carbocycles. The van der Waals surface area contributed by atoms with Crippen molar-refractivity contribution in [2.45, 2.75) is 44.7 Å². The summed E-state index contributed by atoms with van der Waals surface area (Å²) in [6, 6.07) is 3.22. The van der Waals surface area contributed by atoms with Crippen molar-refractivity contribution < 1.29 is 12.8 Å². The third kappa shape index (κ3) is 4.06. The topological polar surface area (TPSA) is 71.3 Å². The smallest absolute Gasteiger partial charge is 0.273 e. The van der Waals surface area contributed by atoms with Crippen LogP contribution < -0.4 is 10.0 Å². The van der Waals surface area contributed by atoms with Gasteiger partial charge in [0.05, 0.1) is 6.54 Å². The molecule has 1 aliphatic rings. The minimum absolute atomic E-state index is 0.00467. The van der Waals surface area contributed by atoms with Crippen LogP contribution in [0.5, 0.6) is 0 Å². The van der Waals surface area contributed by atoms with Crippen LogP contribution in [0.1, 0.15) is 38.9 Å². The van der Waals surface area contributed by atoms with Gasteiger partial charge < -0.3 is 9.73 Å². The number of nitrogens with one attached hydrogen (secondary N) is 2. The molecule has 0 unspecified atom stereocenters. The maximum Gasteiger partial charge on any atom is 0.273 e. The van der Waals surface area contributed by atoms with E-state index < -0.39 is 10.0 Å². The highest BCUT2D eigenvalue weighted by molar-refractivity contribution is 7.89. The zero-order valence-corrected chi connectivity index (χ0v) is 12.3. The molecule has 0 amide bonds. The predicted octanol–water partition coefficient (Wildman–Crippen LogP) is 1.86. The molecule has 0 atom stereocenters. The number of sulfonamides is 1. The van der Waals surface area contributed by atoms with Crippen molar-refractivity contribution in [1.29, 1.82) is 0 Å². The third-order valence-electron chi connectivity index (χ3n) is 3.42. The molecule has 0 radical (unpaired) electrons. The van der Waals surface area contributed by atoms with Gasteiger partial charge in [-0.2, -0.15) is 0 Å². The Balaban J connectivity index is 1.92. The van der Waals surface area contributed by atoms with Gasteiger partial charge in [-0.15, -0.1) is 0 Å². The van der Waals surface area contributed by atoms with Gasteiger partial charge in [-0.05, 0) is 43.4 Å². The summed E-state index contributed by atoms with van der Waals surface area (Å²) >= 11 is 0. The maximum atomic E-state index is 12.0. The second-order valence-electron chi connectivity index (χ2n) is 5.53. The van der Waals surface area contributed by atoms with Gasteiger partial charge in [0.15, 0.2) is 0 Å². The molecular formula is C13H22N2O3S. The van der Waals surface area contributed by atoms with E-state index in [4.69, 9.17) is 4.42 Å². The number of furan rings is 1. The fraction of sp³-hybridized carbons (Fsp3) is 0.692. The molecule has 1 fully saturated rings. The highest BCUT2D eigenvalue weighted by Crippen LogP contribution is 2.44. The highest BCUT2D eigenvalue weighted by atomic mass is 32.2. The van der Waals surface area contributed by atoms with Crippen molar-refractivity contribution in [2.24, 2.45) is 5.41 Å². The monoisotopic (exact) mass is 286 g/mol. The molecule has 6 heteroatoms. The lowest BCUT2D eigenvalue weighted by Gasteiger charge is -2.08. The molecule has 0 saturated heterocycles. The molecule has 0 spiro atoms. The van der Waals surface area contributed by atoms with E-state index in [-0.39, 0.29) is 10.5 Å². The Bertz CT molecular complexity index is 518. The van der Waals surface area contributed by atoms with E-state index in [1.54, 1.807) is 6.07 Å². The van der Waals surface area contributed by atoms with Crippen LogP contribution in [-0.4, -0.2) is 21.5 Å². The van der Waals surface area contributed by atoms with Crippen LogP contribution in [0.3, 0.4) is 0 Å². The zero-order chi connectivity index (χ0) is 13.9. The van der Waals surface area contributed by atoms with Crippen LogP contribution in [0.2, 0.25) is 0 Å². The molecule has 2 N–H and O–H groups in total. The van der Waals surface area contributed by atoms with Crippen LogP contribution in [0.15, 0.2) is 21.6 Å². The number of hydrogen-bond acceptors (Lipinski definition) is 4. The van der Waals surface area contributed by atoms with Gasteiger partial charge in [-0.25, -0.2) is 13.1 Å². The Morgan fingerprint density at radius 1 is 1.37 bits per heavy atom. The summed E-state index contributed by atoms with van der Waals surface area (Å²) in [6.45, 7) is 6.09. The van der Waals surface area contributed by atoms with Crippen molar-refractivity contribution in [3.63, 3.8) is 0 Å². The van der Waals surface area contributed by atoms with Gasteiger partial charge in [-0.3, -0.25) is 0 Å². The van der Waals surface area contributed by atoms with Crippen LogP contribution in [0.4, 0.5) is 0 Å². The van der Waals surface area contributed by atoms with Crippen LogP contribution in [0.25, 0.3) is 0 Å². The summed E-state index contributed by atoms with van der Waals surface area (Å²) in [7, 11) is -3.51. The van der Waals surface area contributed by atoms with Crippen molar-refractivity contribution in [3.05, 3.63) is 17.9 Å². The Kier molecular flexibility index (Phi) is 4.32. The van der Waals surface area contributed by atoms with Crippen molar-refractivity contribution in [3.8, 4) is 0 Å². The molecule has 0 bridgehead atoms. The Labute approximate surface area is 114 Å². The summed E-state index contributed by atoms with van der Waals surface area (Å²) < 4.78 is 32.0. The highest BCUT2D eigenvalue weighted by Gasteiger charge is 2.38. The molecule has 1 heterocycles. The first-order valence-electron chi connectivity index (χ1n) is 6.74. The second kappa shape index (κ2) is 5.64. The van der Waals surface area contributed by atoms with E-state index in [0.29, 0.717) is 18.8 Å². The van der Waals surface area contributed by atoms with Gasteiger partial charge >= 0.3 is 0 Å². The molecule has 108 valence electrons. The van der Waals surface area contributed by atoms with Crippen LogP contribution >= 0.6 is 0 Å². The molecule has 0 aliphatic heterocycles. The van der Waals surface area contributed by atoms with Crippen molar-refractivity contribution >= 4 is 10.0 Å². The Morgan fingerprint density at radius 2 is 2.11 bits per heavy atom. The fourth-order valence-corrected chi connectivity index (χ4v) is 2.86. The van der Waals surface area contributed by atoms with E-state index in [0.717, 1.165) is 25.8 Å². The van der Waals surface area contributed by atoms with Crippen LogP contribution in [-0.2, 0) is 16.6 Å². The summed E-state index contributed by atoms with van der Waals surface area (Å²) in [6.07, 6.45) is 3.20. The number of hydrogen-bond donors (Lipinski definition) is 2. The largest absolute Gasteiger partial charge is 0.447 e. The molecule has 1 aliphatic carbocycles. The summed E-state index contributed by atoms with van der Waals surface area (Å²) in [5.74, 6) is 0.645. The minimum Gasteiger partial charge on any atom is -0.447 e. The summed E-state index contributed by atoms with van der Waals surface area (Å²) in [4.78, 5) is 0. The van der Waals surface area contributed by atoms with E-state index in [2.05, 4.69) is 23.9 Å². The first-order chi connectivity index (χ1) is 8.95. The van der Waals surface area contributed by atoms with E-state index in [9.17, 15) is 8.42 Å². The average molecular weight is 286 g/mol. The van der Waals surface area contributed by atoms with Gasteiger partial charge in [0, 0.05) is 6.54 Å². The molecule has 1 aromatic heterocycles. The van der Waals surface area contributed by atoms with E-state index in [1.165, 1.54) is 6.07 Å². The summed E-state index contributed by atoms with van der Waals surface area (Å²) in [5, 5.41) is 3.18. The summed E-state index contributed by atoms with van der Waals surface area (Å²) in [5.41, 5.74) is 0.144. The number of rotatable bonds is 8. The normalized spacial score (nSPS) is 17.6. The van der Waals surface area contributed by atoms with E-state index in [1.807, 2.05) is 0 Å². The minimum atomic E-state index is -3.51. The van der Waals surface area contributed by atoms with E-state index >= 15 is 0 Å². The Morgan fingerprint density at radius 3 is 2.74 bits per heavy atom. The Hall–Kier alpha value is -0.850. The standard InChI is InChI=1S/C13H22N2O3S/c1-3-8-14-9-11-4-5-12(18-11)19(16,17)15-10-13(2)6-7-13/h4-5,14-15H,3,6-10H2,1-2H3. The molecule has 2 rings (SSSR count). The molecule has 1 aromatic rings. The van der Waals surface area contributed by atoms with Gasteiger partial charge in [-0.1, -0.05) is 13.8 Å². The molecular weight excluding hydrogens is 264 g/mol. The van der Waals surface area contributed by atoms with Crippen LogP contribution in [0, 0.1) is 5.41 Å². The average Bonchev–Trinajstić information content (AvgIpc) is 2.91. The zero-order valence-electron chi connectivity index (χ0n) is 11.5. The predicted molar refractivity (Wildman–Crippen MR) is 73.2 cm³/mol. The second-order valence-corrected chi connectivity index (χ2v) is 7.23. The van der Waals surface area contributed by atoms with Gasteiger partial charge in [0.1, 0.15) is 5.76 Å². The SMILES string of the molecule is CCCNCc1ccc(S(=O)(=O)NCC2(C)CC2)o1. The first-order valence-corrected chi connectivity index (χ1v) is 8.23. The van der Waals surface area contributed by atoms with Crippen molar-refractivity contribution in [2.75, 3.05) is 13.1 Å². The molecule has 19 heavy (non-hydrogen) atoms. The van der Waals surface area contributed by atoms with Crippen molar-refractivity contribution in [1.82, 2.24) is 10.0 Å². The maximum absolute atomic E-state index is 12.0. The third-order valence-corrected chi connectivity index (χ3v) is 4.69. The lowest BCUT2D eigenvalue weighted by atomic mass is 10.2. The van der Waals surface area contributed by atoms with Gasteiger partial charge in [0.2, 0.25) is 5.09 Å². The quantitative estimate of drug-likeness (QED) is 0.716. The van der Waals surface area contributed by atoms with Gasteiger partial charge in [0.25, 0.3) is 10.0 Å². The lowest BCUT2D eigenvalue weighted by Crippen LogP contribution is -2.28. The fourth-order valence-electron chi connectivity index (χ4n) is 1.72. The first kappa shape index (κ1) is 14.6. The lowest BCUT2D eigenvalue weighted by molar-refractivity contribution is 0.398. The molecule has 1 saturated carbocycles.